The number of amides is 2. The first-order valence-electron chi connectivity index (χ1n) is 15.9. The summed E-state index contributed by atoms with van der Waals surface area (Å²) in [7, 11) is 0. The Morgan fingerprint density at radius 1 is 1.14 bits per heavy atom. The molecule has 4 aromatic rings. The lowest BCUT2D eigenvalue weighted by Gasteiger charge is -2.44. The second-order valence-corrected chi connectivity index (χ2v) is 12.8. The van der Waals surface area contributed by atoms with Crippen LogP contribution in [0.2, 0.25) is 5.02 Å². The zero-order valence-electron chi connectivity index (χ0n) is 26.7. The van der Waals surface area contributed by atoms with Crippen LogP contribution in [0.5, 0.6) is 5.75 Å². The first kappa shape index (κ1) is 33.7. The van der Waals surface area contributed by atoms with Crippen molar-refractivity contribution in [3.05, 3.63) is 85.8 Å². The second-order valence-electron chi connectivity index (χ2n) is 12.4. The largest absolute Gasteiger partial charge is 0.505 e. The maximum absolute atomic E-state index is 14.3. The fourth-order valence-corrected chi connectivity index (χ4v) is 6.94. The molecule has 13 nitrogen and oxygen atoms in total. The van der Waals surface area contributed by atoms with Crippen LogP contribution < -0.4 is 10.9 Å². The van der Waals surface area contributed by atoms with Crippen molar-refractivity contribution in [2.45, 2.75) is 50.9 Å². The van der Waals surface area contributed by atoms with E-state index in [-0.39, 0.29) is 79.0 Å². The molecule has 50 heavy (non-hydrogen) atoms. The Morgan fingerprint density at radius 2 is 1.92 bits per heavy atom. The number of hydrogen-bond donors (Lipinski definition) is 2. The number of rotatable bonds is 5. The molecule has 2 amide bonds. The number of halogens is 4. The van der Waals surface area contributed by atoms with E-state index in [1.165, 1.54) is 6.20 Å². The van der Waals surface area contributed by atoms with E-state index in [1.807, 2.05) is 6.08 Å². The van der Waals surface area contributed by atoms with Gasteiger partial charge in [0.1, 0.15) is 17.9 Å². The molecule has 3 aliphatic rings. The number of aromatic nitrogens is 5. The average molecular weight is 714 g/mol. The van der Waals surface area contributed by atoms with E-state index < -0.39 is 34.7 Å². The number of nitrogens with zero attached hydrogens (tertiary/aromatic N) is 6. The highest BCUT2D eigenvalue weighted by Crippen LogP contribution is 2.41. The van der Waals surface area contributed by atoms with Crippen LogP contribution in [0.25, 0.3) is 11.4 Å². The molecule has 0 atom stereocenters. The zero-order valence-corrected chi connectivity index (χ0v) is 27.5. The fourth-order valence-electron chi connectivity index (χ4n) is 6.71. The van der Waals surface area contributed by atoms with Crippen LogP contribution >= 0.6 is 11.6 Å². The number of ether oxygens (including phenoxy) is 2. The molecule has 3 aromatic heterocycles. The van der Waals surface area contributed by atoms with Gasteiger partial charge < -0.3 is 29.4 Å². The third-order valence-corrected chi connectivity index (χ3v) is 9.65. The highest BCUT2D eigenvalue weighted by atomic mass is 35.5. The molecule has 7 rings (SSSR count). The van der Waals surface area contributed by atoms with Gasteiger partial charge >= 0.3 is 6.18 Å². The van der Waals surface area contributed by atoms with Crippen molar-refractivity contribution in [3.8, 4) is 5.75 Å². The molecule has 0 saturated carbocycles. The summed E-state index contributed by atoms with van der Waals surface area (Å²) in [6.07, 6.45) is -0.109. The predicted octanol–water partition coefficient (Wildman–Crippen LogP) is 4.12. The van der Waals surface area contributed by atoms with Crippen LogP contribution in [-0.2, 0) is 39.0 Å². The van der Waals surface area contributed by atoms with Crippen molar-refractivity contribution in [2.75, 3.05) is 38.2 Å². The first-order chi connectivity index (χ1) is 23.9. The van der Waals surface area contributed by atoms with Gasteiger partial charge in [0.15, 0.2) is 11.5 Å². The molecule has 262 valence electrons. The maximum atomic E-state index is 14.3. The summed E-state index contributed by atoms with van der Waals surface area (Å²) in [5.41, 5.74) is -0.562. The van der Waals surface area contributed by atoms with E-state index in [1.54, 1.807) is 22.5 Å². The number of likely N-dealkylation sites (tertiary alicyclic amines) is 1. The normalized spacial score (nSPS) is 17.5. The summed E-state index contributed by atoms with van der Waals surface area (Å²) in [5.74, 6) is -0.862. The number of piperidine rings is 1. The minimum absolute atomic E-state index is 0.0175. The monoisotopic (exact) mass is 713 g/mol. The Kier molecular flexibility index (Phi) is 8.64. The number of carbonyl (C=O) groups is 2. The highest BCUT2D eigenvalue weighted by molar-refractivity contribution is 6.33. The van der Waals surface area contributed by atoms with Crippen molar-refractivity contribution in [2.24, 2.45) is 0 Å². The third kappa shape index (κ3) is 6.00. The molecule has 1 aromatic carbocycles. The number of nitrogens with one attached hydrogen (secondary N) is 1. The van der Waals surface area contributed by atoms with Gasteiger partial charge in [-0.2, -0.15) is 22.7 Å². The topological polar surface area (TPSA) is 153 Å². The number of benzene rings is 1. The number of anilines is 1. The number of aromatic hydroxyl groups is 1. The number of hydrogen-bond acceptors (Lipinski definition) is 9. The van der Waals surface area contributed by atoms with Crippen molar-refractivity contribution >= 4 is 40.5 Å². The standard InChI is InChI=1S/C33H31ClF3N7O6/c1-18-4-10-38-26(27(18)46)30(48)42-11-8-32(9-12-42)25-23(7-15-50-32)43(17-24(45)39-22-3-2-20(16-21(22)34)33(35,36)37)31-40-28(41-44(31)29(25)47)19-5-13-49-14-6-19/h2-5,10,16,46H,6-9,11-15,17H2,1H3,(H,39,45). The molecule has 1 saturated heterocycles. The zero-order chi connectivity index (χ0) is 35.4. The van der Waals surface area contributed by atoms with Crippen LogP contribution in [-0.4, -0.2) is 78.9 Å². The highest BCUT2D eigenvalue weighted by Gasteiger charge is 2.46. The minimum Gasteiger partial charge on any atom is -0.505 e. The van der Waals surface area contributed by atoms with E-state index in [2.05, 4.69) is 20.4 Å². The Labute approximate surface area is 287 Å². The maximum Gasteiger partial charge on any atom is 0.416 e. The van der Waals surface area contributed by atoms with Gasteiger partial charge in [-0.1, -0.05) is 17.7 Å². The summed E-state index contributed by atoms with van der Waals surface area (Å²) in [5, 5.41) is 17.3. The van der Waals surface area contributed by atoms with Crippen LogP contribution in [0.3, 0.4) is 0 Å². The second kappa shape index (κ2) is 12.8. The molecular weight excluding hydrogens is 683 g/mol. The molecule has 0 unspecified atom stereocenters. The Balaban J connectivity index is 1.26. The lowest BCUT2D eigenvalue weighted by Crippen LogP contribution is -2.52. The van der Waals surface area contributed by atoms with Crippen molar-refractivity contribution in [3.63, 3.8) is 0 Å². The van der Waals surface area contributed by atoms with Crippen LogP contribution in [0.4, 0.5) is 18.9 Å². The van der Waals surface area contributed by atoms with E-state index in [0.717, 1.165) is 28.3 Å². The molecule has 1 spiro atoms. The quantitative estimate of drug-likeness (QED) is 0.311. The number of aryl methyl sites for hydroxylation is 1. The van der Waals surface area contributed by atoms with Gasteiger partial charge in [-0.15, -0.1) is 5.10 Å². The molecule has 0 aliphatic carbocycles. The van der Waals surface area contributed by atoms with E-state index in [9.17, 15) is 32.7 Å². The Hall–Kier alpha value is -4.80. The van der Waals surface area contributed by atoms with Crippen molar-refractivity contribution < 1.29 is 37.3 Å². The van der Waals surface area contributed by atoms with Gasteiger partial charge in [-0.25, -0.2) is 4.98 Å². The van der Waals surface area contributed by atoms with Gasteiger partial charge in [0.25, 0.3) is 11.5 Å². The molecule has 1 fully saturated rings. The fraction of sp³-hybridized carbons (Fsp3) is 0.394. The summed E-state index contributed by atoms with van der Waals surface area (Å²) in [4.78, 5) is 51.5. The average Bonchev–Trinajstić information content (AvgIpc) is 3.55. The first-order valence-corrected chi connectivity index (χ1v) is 16.3. The molecule has 0 bridgehead atoms. The summed E-state index contributed by atoms with van der Waals surface area (Å²) in [6, 6.07) is 4.23. The van der Waals surface area contributed by atoms with Gasteiger partial charge in [0.2, 0.25) is 11.7 Å². The molecule has 3 aliphatic heterocycles. The Bertz CT molecular complexity index is 2120. The molecule has 6 heterocycles. The number of fused-ring (bicyclic) bond motifs is 3. The lowest BCUT2D eigenvalue weighted by molar-refractivity contribution is -0.137. The van der Waals surface area contributed by atoms with Gasteiger partial charge in [-0.05, 0) is 61.6 Å². The Morgan fingerprint density at radius 3 is 2.62 bits per heavy atom. The third-order valence-electron chi connectivity index (χ3n) is 9.33. The summed E-state index contributed by atoms with van der Waals surface area (Å²) >= 11 is 6.12. The van der Waals surface area contributed by atoms with Gasteiger partial charge in [0.05, 0.1) is 41.7 Å². The summed E-state index contributed by atoms with van der Waals surface area (Å²) < 4.78 is 54.1. The molecule has 17 heteroatoms. The number of alkyl halides is 3. The van der Waals surface area contributed by atoms with Crippen molar-refractivity contribution in [1.29, 1.82) is 0 Å². The van der Waals surface area contributed by atoms with Crippen LogP contribution in [0.1, 0.15) is 58.0 Å². The smallest absolute Gasteiger partial charge is 0.416 e. The number of pyridine rings is 1. The van der Waals surface area contributed by atoms with Gasteiger partial charge in [0, 0.05) is 31.4 Å². The van der Waals surface area contributed by atoms with Gasteiger partial charge in [-0.3, -0.25) is 14.4 Å². The lowest BCUT2D eigenvalue weighted by atomic mass is 9.81. The van der Waals surface area contributed by atoms with E-state index in [4.69, 9.17) is 21.1 Å². The molecule has 2 N–H and O–H groups in total. The molecular formula is C33H31ClF3N7O6. The SMILES string of the molecule is Cc1ccnc(C(=O)N2CCC3(CC2)OCCc2c3c(=O)n3nc(C4=CCOCC4)nc3n2CC(=O)Nc2ccc(C(F)(F)F)cc2Cl)c1O. The van der Waals surface area contributed by atoms with Crippen molar-refractivity contribution in [1.82, 2.24) is 29.0 Å². The van der Waals surface area contributed by atoms with E-state index >= 15 is 0 Å². The molecule has 0 radical (unpaired) electrons. The van der Waals surface area contributed by atoms with E-state index in [0.29, 0.717) is 36.7 Å². The minimum atomic E-state index is -4.61. The van der Waals surface area contributed by atoms with Crippen LogP contribution in [0, 0.1) is 6.92 Å². The van der Waals surface area contributed by atoms with Crippen LogP contribution in [0.15, 0.2) is 41.3 Å². The predicted molar refractivity (Wildman–Crippen MR) is 173 cm³/mol. The summed E-state index contributed by atoms with van der Waals surface area (Å²) in [6.45, 7) is 2.67. The number of carbonyl (C=O) groups excluding carboxylic acids is 2.